The van der Waals surface area contributed by atoms with Gasteiger partial charge in [-0.3, -0.25) is 4.79 Å². The van der Waals surface area contributed by atoms with Gasteiger partial charge < -0.3 is 20.5 Å². The van der Waals surface area contributed by atoms with Crippen LogP contribution in [0.1, 0.15) is 36.2 Å². The number of anilines is 2. The summed E-state index contributed by atoms with van der Waals surface area (Å²) in [6, 6.07) is 12.8. The number of aromatic nitrogens is 3. The fourth-order valence-electron chi connectivity index (χ4n) is 5.03. The van der Waals surface area contributed by atoms with E-state index in [1.54, 1.807) is 55.4 Å². The standard InChI is InChI=1S/C27H28N6O3S/c1-16(2)37(35,36)21-6-3-17(4-7-21)23-12-29-26-25(31-23)24(13-30-26)33-14-18-11-20(5-8-22(18)27(33)34)32-10-9-19(28)15-32/h3-8,11-13,16,19H,9-10,14-15,28H2,1-2H3,(H,29,30). The zero-order chi connectivity index (χ0) is 25.9. The second-order valence-corrected chi connectivity index (χ2v) is 12.5. The van der Waals surface area contributed by atoms with Gasteiger partial charge in [-0.05, 0) is 56.2 Å². The number of nitrogens with zero attached hydrogens (tertiary/aromatic N) is 4. The molecule has 0 bridgehead atoms. The summed E-state index contributed by atoms with van der Waals surface area (Å²) < 4.78 is 24.9. The number of rotatable bonds is 5. The number of nitrogens with two attached hydrogens (primary N) is 1. The fraction of sp³-hybridized carbons (Fsp3) is 0.296. The number of nitrogens with one attached hydrogen (secondary N) is 1. The van der Waals surface area contributed by atoms with Crippen LogP contribution < -0.4 is 15.5 Å². The minimum atomic E-state index is -3.36. The summed E-state index contributed by atoms with van der Waals surface area (Å²) in [5.74, 6) is -0.0731. The van der Waals surface area contributed by atoms with E-state index in [9.17, 15) is 13.2 Å². The average molecular weight is 517 g/mol. The normalized spacial score (nSPS) is 17.8. The van der Waals surface area contributed by atoms with Crippen molar-refractivity contribution >= 4 is 38.3 Å². The molecule has 0 aliphatic carbocycles. The van der Waals surface area contributed by atoms with Crippen LogP contribution in [-0.2, 0) is 16.4 Å². The number of benzene rings is 2. The van der Waals surface area contributed by atoms with Gasteiger partial charge in [0.1, 0.15) is 5.52 Å². The molecule has 4 aromatic rings. The molecule has 2 aromatic carbocycles. The number of carbonyl (C=O) groups is 1. The highest BCUT2D eigenvalue weighted by Crippen LogP contribution is 2.35. The largest absolute Gasteiger partial charge is 0.370 e. The van der Waals surface area contributed by atoms with Crippen molar-refractivity contribution in [2.75, 3.05) is 22.9 Å². The van der Waals surface area contributed by atoms with E-state index in [0.717, 1.165) is 36.3 Å². The number of aromatic amines is 1. The molecule has 0 spiro atoms. The Morgan fingerprint density at radius 1 is 1.14 bits per heavy atom. The average Bonchev–Trinajstić information content (AvgIpc) is 3.60. The SMILES string of the molecule is CC(C)S(=O)(=O)c1ccc(-c2cnc3[nH]cc(N4Cc5cc(N6CCC(N)C6)ccc5C4=O)c3n2)cc1. The Labute approximate surface area is 215 Å². The maximum Gasteiger partial charge on any atom is 0.259 e. The summed E-state index contributed by atoms with van der Waals surface area (Å²) in [4.78, 5) is 30.0. The zero-order valence-electron chi connectivity index (χ0n) is 20.7. The molecule has 2 aliphatic rings. The molecule has 37 heavy (non-hydrogen) atoms. The van der Waals surface area contributed by atoms with Crippen LogP contribution in [0, 0.1) is 0 Å². The molecule has 190 valence electrons. The number of fused-ring (bicyclic) bond motifs is 2. The highest BCUT2D eigenvalue weighted by atomic mass is 32.2. The maximum atomic E-state index is 13.3. The molecular formula is C27H28N6O3S. The molecule has 1 saturated heterocycles. The van der Waals surface area contributed by atoms with E-state index in [4.69, 9.17) is 10.7 Å². The quantitative estimate of drug-likeness (QED) is 0.416. The third kappa shape index (κ3) is 3.96. The molecule has 4 heterocycles. The lowest BCUT2D eigenvalue weighted by molar-refractivity contribution is 0.0997. The third-order valence-corrected chi connectivity index (χ3v) is 9.40. The van der Waals surface area contributed by atoms with E-state index in [1.165, 1.54) is 0 Å². The molecule has 6 rings (SSSR count). The van der Waals surface area contributed by atoms with Gasteiger partial charge >= 0.3 is 0 Å². The predicted octanol–water partition coefficient (Wildman–Crippen LogP) is 3.50. The van der Waals surface area contributed by atoms with Crippen molar-refractivity contribution in [2.24, 2.45) is 5.73 Å². The number of sulfone groups is 1. The van der Waals surface area contributed by atoms with Crippen LogP contribution in [0.3, 0.4) is 0 Å². The third-order valence-electron chi connectivity index (χ3n) is 7.23. The Morgan fingerprint density at radius 2 is 1.92 bits per heavy atom. The number of carbonyl (C=O) groups excluding carboxylic acids is 1. The summed E-state index contributed by atoms with van der Waals surface area (Å²) in [6.07, 6.45) is 4.37. The maximum absolute atomic E-state index is 13.3. The van der Waals surface area contributed by atoms with Crippen molar-refractivity contribution < 1.29 is 13.2 Å². The summed E-state index contributed by atoms with van der Waals surface area (Å²) in [7, 11) is -3.36. The van der Waals surface area contributed by atoms with Gasteiger partial charge in [0, 0.05) is 42.1 Å². The number of amides is 1. The molecule has 3 N–H and O–H groups in total. The molecule has 10 heteroatoms. The van der Waals surface area contributed by atoms with Crippen LogP contribution >= 0.6 is 0 Å². The fourth-order valence-corrected chi connectivity index (χ4v) is 6.09. The predicted molar refractivity (Wildman–Crippen MR) is 143 cm³/mol. The summed E-state index contributed by atoms with van der Waals surface area (Å²) in [5.41, 5.74) is 12.0. The van der Waals surface area contributed by atoms with Crippen LogP contribution in [0.2, 0.25) is 0 Å². The van der Waals surface area contributed by atoms with Crippen LogP contribution in [0.25, 0.3) is 22.4 Å². The number of hydrogen-bond donors (Lipinski definition) is 2. The van der Waals surface area contributed by atoms with Gasteiger partial charge in [0.2, 0.25) is 0 Å². The van der Waals surface area contributed by atoms with Gasteiger partial charge in [0.15, 0.2) is 15.5 Å². The molecule has 1 amide bonds. The molecule has 0 radical (unpaired) electrons. The monoisotopic (exact) mass is 516 g/mol. The number of H-pyrrole nitrogens is 1. The van der Waals surface area contributed by atoms with Crippen LogP contribution in [-0.4, -0.2) is 53.7 Å². The Kier molecular flexibility index (Phi) is 5.54. The first-order valence-corrected chi connectivity index (χ1v) is 13.9. The topological polar surface area (TPSA) is 125 Å². The number of hydrogen-bond acceptors (Lipinski definition) is 7. The van der Waals surface area contributed by atoms with Crippen molar-refractivity contribution in [1.29, 1.82) is 0 Å². The Hall–Kier alpha value is -3.76. The van der Waals surface area contributed by atoms with E-state index in [2.05, 4.69) is 20.9 Å². The summed E-state index contributed by atoms with van der Waals surface area (Å²) in [5, 5.41) is -0.497. The Bertz CT molecular complexity index is 1630. The highest BCUT2D eigenvalue weighted by molar-refractivity contribution is 7.92. The van der Waals surface area contributed by atoms with Crippen molar-refractivity contribution in [3.05, 3.63) is 66.0 Å². The van der Waals surface area contributed by atoms with E-state index in [1.807, 2.05) is 12.1 Å². The van der Waals surface area contributed by atoms with E-state index >= 15 is 0 Å². The molecular weight excluding hydrogens is 488 g/mol. The molecule has 2 aliphatic heterocycles. The first-order valence-electron chi connectivity index (χ1n) is 12.4. The zero-order valence-corrected chi connectivity index (χ0v) is 21.5. The molecule has 1 fully saturated rings. The molecule has 1 unspecified atom stereocenters. The van der Waals surface area contributed by atoms with Gasteiger partial charge in [-0.1, -0.05) is 12.1 Å². The van der Waals surface area contributed by atoms with Gasteiger partial charge in [-0.2, -0.15) is 0 Å². The minimum absolute atomic E-state index is 0.0731. The lowest BCUT2D eigenvalue weighted by atomic mass is 10.1. The van der Waals surface area contributed by atoms with Crippen molar-refractivity contribution in [2.45, 2.75) is 43.0 Å². The van der Waals surface area contributed by atoms with Crippen LogP contribution in [0.4, 0.5) is 11.4 Å². The smallest absolute Gasteiger partial charge is 0.259 e. The Morgan fingerprint density at radius 3 is 2.62 bits per heavy atom. The lowest BCUT2D eigenvalue weighted by Crippen LogP contribution is -2.26. The second-order valence-electron chi connectivity index (χ2n) is 9.97. The van der Waals surface area contributed by atoms with Crippen LogP contribution in [0.5, 0.6) is 0 Å². The van der Waals surface area contributed by atoms with Crippen molar-refractivity contribution in [3.63, 3.8) is 0 Å². The molecule has 9 nitrogen and oxygen atoms in total. The van der Waals surface area contributed by atoms with Crippen LogP contribution in [0.15, 0.2) is 59.8 Å². The van der Waals surface area contributed by atoms with Crippen molar-refractivity contribution in [1.82, 2.24) is 15.0 Å². The first-order chi connectivity index (χ1) is 17.7. The lowest BCUT2D eigenvalue weighted by Gasteiger charge is -2.18. The summed E-state index contributed by atoms with van der Waals surface area (Å²) in [6.45, 7) is 5.51. The van der Waals surface area contributed by atoms with Gasteiger partial charge in [0.05, 0.1) is 34.3 Å². The van der Waals surface area contributed by atoms with E-state index in [0.29, 0.717) is 34.7 Å². The first kappa shape index (κ1) is 23.6. The highest BCUT2D eigenvalue weighted by Gasteiger charge is 2.32. The van der Waals surface area contributed by atoms with E-state index < -0.39 is 15.1 Å². The van der Waals surface area contributed by atoms with Gasteiger partial charge in [-0.15, -0.1) is 0 Å². The molecule has 1 atom stereocenters. The summed E-state index contributed by atoms with van der Waals surface area (Å²) >= 11 is 0. The van der Waals surface area contributed by atoms with E-state index in [-0.39, 0.29) is 16.8 Å². The molecule has 0 saturated carbocycles. The Balaban J connectivity index is 1.31. The molecule has 2 aromatic heterocycles. The van der Waals surface area contributed by atoms with Crippen molar-refractivity contribution in [3.8, 4) is 11.3 Å². The second kappa shape index (κ2) is 8.67. The van der Waals surface area contributed by atoms with Gasteiger partial charge in [-0.25, -0.2) is 18.4 Å². The minimum Gasteiger partial charge on any atom is -0.370 e. The van der Waals surface area contributed by atoms with Gasteiger partial charge in [0.25, 0.3) is 5.91 Å².